The molecule has 0 saturated carbocycles. The van der Waals surface area contributed by atoms with Crippen LogP contribution in [0.25, 0.3) is 11.3 Å². The van der Waals surface area contributed by atoms with Crippen molar-refractivity contribution in [1.29, 1.82) is 0 Å². The Hall–Kier alpha value is -2.45. The van der Waals surface area contributed by atoms with Crippen molar-refractivity contribution in [1.82, 2.24) is 20.3 Å². The van der Waals surface area contributed by atoms with Crippen molar-refractivity contribution >= 4 is 5.91 Å². The Bertz CT molecular complexity index is 1500. The first-order chi connectivity index (χ1) is 34.3. The molecule has 0 bridgehead atoms. The van der Waals surface area contributed by atoms with Gasteiger partial charge in [-0.2, -0.15) is 0 Å². The van der Waals surface area contributed by atoms with Crippen LogP contribution >= 0.6 is 0 Å². The minimum atomic E-state index is -1.61. The van der Waals surface area contributed by atoms with Crippen LogP contribution < -0.4 is 5.32 Å². The molecule has 0 aliphatic carbocycles. The van der Waals surface area contributed by atoms with E-state index in [0.29, 0.717) is 12.1 Å². The number of nitrogens with one attached hydrogen (secondary N) is 1. The predicted molar refractivity (Wildman–Crippen MR) is 284 cm³/mol. The molecule has 404 valence electrons. The van der Waals surface area contributed by atoms with E-state index in [2.05, 4.69) is 29.5 Å². The van der Waals surface area contributed by atoms with Crippen LogP contribution in [0.4, 0.5) is 0 Å². The van der Waals surface area contributed by atoms with Crippen LogP contribution in [0.2, 0.25) is 0 Å². The molecule has 1 fully saturated rings. The normalized spacial score (nSPS) is 19.6. The SMILES string of the molecule is CCCCCCCCCCCCCCCCCCCCCCCCCC(=O)N[C@@H](CO[C@H]1O[C@H](Cn2nncc2-c2ccccc2)[C@H](O)[C@H](O)[C@H]1O)[C@H](O)[C@H](O)CCCCCCCCCCCCCC. The Labute approximate surface area is 425 Å². The topological polar surface area (TPSA) is 179 Å². The fourth-order valence-corrected chi connectivity index (χ4v) is 10.0. The van der Waals surface area contributed by atoms with Gasteiger partial charge in [-0.05, 0) is 12.8 Å². The second kappa shape index (κ2) is 41.0. The summed E-state index contributed by atoms with van der Waals surface area (Å²) in [5.74, 6) is -0.244. The maximum Gasteiger partial charge on any atom is 0.220 e. The van der Waals surface area contributed by atoms with E-state index in [1.54, 1.807) is 10.9 Å². The van der Waals surface area contributed by atoms with E-state index in [1.807, 2.05) is 30.3 Å². The van der Waals surface area contributed by atoms with Gasteiger partial charge in [0, 0.05) is 12.0 Å². The number of carbonyl (C=O) groups is 1. The lowest BCUT2D eigenvalue weighted by molar-refractivity contribution is -0.301. The van der Waals surface area contributed by atoms with Crippen molar-refractivity contribution in [3.05, 3.63) is 36.5 Å². The third-order valence-corrected chi connectivity index (χ3v) is 14.7. The Morgan fingerprint density at radius 1 is 0.600 bits per heavy atom. The molecule has 0 radical (unpaired) electrons. The van der Waals surface area contributed by atoms with Crippen molar-refractivity contribution in [2.24, 2.45) is 0 Å². The predicted octanol–water partition coefficient (Wildman–Crippen LogP) is 12.4. The molecule has 1 saturated heterocycles. The number of hydrogen-bond acceptors (Lipinski definition) is 10. The molecule has 1 aliphatic heterocycles. The van der Waals surface area contributed by atoms with E-state index in [9.17, 15) is 30.3 Å². The average molecular weight is 985 g/mol. The summed E-state index contributed by atoms with van der Waals surface area (Å²) in [7, 11) is 0. The zero-order valence-electron chi connectivity index (χ0n) is 44.5. The van der Waals surface area contributed by atoms with Gasteiger partial charge in [-0.15, -0.1) is 5.10 Å². The van der Waals surface area contributed by atoms with E-state index in [1.165, 1.54) is 173 Å². The monoisotopic (exact) mass is 985 g/mol. The summed E-state index contributed by atoms with van der Waals surface area (Å²) >= 11 is 0. The lowest BCUT2D eigenvalue weighted by Gasteiger charge is -2.41. The van der Waals surface area contributed by atoms with Crippen LogP contribution in [0.3, 0.4) is 0 Å². The molecular formula is C58H104N4O8. The molecule has 12 nitrogen and oxygen atoms in total. The highest BCUT2D eigenvalue weighted by atomic mass is 16.7. The number of unbranched alkanes of at least 4 members (excludes halogenated alkanes) is 33. The number of benzene rings is 1. The van der Waals surface area contributed by atoms with Crippen LogP contribution in [0.15, 0.2) is 36.5 Å². The molecule has 0 unspecified atom stereocenters. The number of amides is 1. The summed E-state index contributed by atoms with van der Waals surface area (Å²) in [6.07, 6.45) is 37.1. The van der Waals surface area contributed by atoms with Gasteiger partial charge in [-0.25, -0.2) is 4.68 Å². The lowest BCUT2D eigenvalue weighted by Crippen LogP contribution is -2.60. The zero-order chi connectivity index (χ0) is 50.3. The molecule has 8 atom stereocenters. The van der Waals surface area contributed by atoms with E-state index in [0.717, 1.165) is 56.9 Å². The highest BCUT2D eigenvalue weighted by Gasteiger charge is 2.45. The molecule has 1 aromatic carbocycles. The fraction of sp³-hybridized carbons (Fsp3) is 0.845. The summed E-state index contributed by atoms with van der Waals surface area (Å²) < 4.78 is 13.6. The second-order valence-corrected chi connectivity index (χ2v) is 21.0. The highest BCUT2D eigenvalue weighted by molar-refractivity contribution is 5.76. The Morgan fingerprint density at radius 2 is 1.03 bits per heavy atom. The van der Waals surface area contributed by atoms with E-state index < -0.39 is 49.0 Å². The number of ether oxygens (including phenoxy) is 2. The summed E-state index contributed by atoms with van der Waals surface area (Å²) in [6, 6.07) is 8.52. The van der Waals surface area contributed by atoms with Crippen LogP contribution in [-0.4, -0.2) is 102 Å². The van der Waals surface area contributed by atoms with Crippen molar-refractivity contribution in [2.75, 3.05) is 6.61 Å². The molecule has 3 rings (SSSR count). The van der Waals surface area contributed by atoms with Gasteiger partial charge in [0.1, 0.15) is 30.5 Å². The zero-order valence-corrected chi connectivity index (χ0v) is 44.5. The number of hydrogen-bond donors (Lipinski definition) is 6. The molecule has 2 aromatic rings. The van der Waals surface area contributed by atoms with Crippen molar-refractivity contribution in [3.63, 3.8) is 0 Å². The van der Waals surface area contributed by atoms with Gasteiger partial charge in [0.05, 0.1) is 37.2 Å². The molecule has 1 amide bonds. The molecule has 2 heterocycles. The quantitative estimate of drug-likeness (QED) is 0.0350. The number of aromatic nitrogens is 3. The van der Waals surface area contributed by atoms with Crippen molar-refractivity contribution < 1.29 is 39.8 Å². The van der Waals surface area contributed by atoms with Gasteiger partial charge in [0.15, 0.2) is 6.29 Å². The molecule has 6 N–H and O–H groups in total. The van der Waals surface area contributed by atoms with E-state index >= 15 is 0 Å². The summed E-state index contributed by atoms with van der Waals surface area (Å²) in [5.41, 5.74) is 1.54. The average Bonchev–Trinajstić information content (AvgIpc) is 3.84. The van der Waals surface area contributed by atoms with Crippen molar-refractivity contribution in [3.8, 4) is 11.3 Å². The first-order valence-electron chi connectivity index (χ1n) is 29.2. The minimum absolute atomic E-state index is 0.00908. The number of carbonyl (C=O) groups excluding carboxylic acids is 1. The molecule has 0 spiro atoms. The summed E-state index contributed by atoms with van der Waals surface area (Å²) in [5, 5.41) is 66.5. The van der Waals surface area contributed by atoms with Gasteiger partial charge in [0.25, 0.3) is 0 Å². The molecule has 12 heteroatoms. The fourth-order valence-electron chi connectivity index (χ4n) is 10.0. The second-order valence-electron chi connectivity index (χ2n) is 21.0. The maximum atomic E-state index is 13.3. The summed E-state index contributed by atoms with van der Waals surface area (Å²) in [6.45, 7) is 4.24. The van der Waals surface area contributed by atoms with Gasteiger partial charge in [-0.3, -0.25) is 4.79 Å². The Morgan fingerprint density at radius 3 is 1.49 bits per heavy atom. The number of rotatable bonds is 46. The Balaban J connectivity index is 1.36. The van der Waals surface area contributed by atoms with Crippen LogP contribution in [0.1, 0.15) is 251 Å². The third-order valence-electron chi connectivity index (χ3n) is 14.7. The minimum Gasteiger partial charge on any atom is -0.390 e. The molecule has 1 aliphatic rings. The van der Waals surface area contributed by atoms with Gasteiger partial charge in [0.2, 0.25) is 5.91 Å². The highest BCUT2D eigenvalue weighted by Crippen LogP contribution is 2.26. The smallest absolute Gasteiger partial charge is 0.220 e. The largest absolute Gasteiger partial charge is 0.390 e. The van der Waals surface area contributed by atoms with Crippen LogP contribution in [0, 0.1) is 0 Å². The molecular weight excluding hydrogens is 881 g/mol. The molecule has 1 aromatic heterocycles. The van der Waals surface area contributed by atoms with E-state index in [4.69, 9.17) is 9.47 Å². The Kier molecular flexibility index (Phi) is 36.2. The standard InChI is InChI=1S/C58H104N4O8/c1-3-5-7-9-11-13-15-17-18-19-20-21-22-23-24-25-26-27-29-31-33-35-40-44-53(64)60-49(54(65)51(63)43-39-34-32-30-28-16-14-12-10-8-6-4-2)47-69-58-57(68)56(67)55(66)52(70-58)46-62-50(45-59-61-62)48-41-37-36-38-42-48/h36-38,41-42,45,49,51-52,54-58,63,65-68H,3-35,39-40,43-44,46-47H2,1-2H3,(H,60,64)/t49-,51+,52+,54-,55-,56-,57+,58-/m0/s1. The molecule has 70 heavy (non-hydrogen) atoms. The maximum absolute atomic E-state index is 13.3. The number of aliphatic hydroxyl groups is 5. The van der Waals surface area contributed by atoms with Crippen LogP contribution in [0.5, 0.6) is 0 Å². The van der Waals surface area contributed by atoms with Gasteiger partial charge in [-0.1, -0.05) is 268 Å². The van der Waals surface area contributed by atoms with Crippen molar-refractivity contribution in [2.45, 2.75) is 307 Å². The lowest BCUT2D eigenvalue weighted by atomic mass is 9.98. The summed E-state index contributed by atoms with van der Waals surface area (Å²) in [4.78, 5) is 13.3. The van der Waals surface area contributed by atoms with E-state index in [-0.39, 0.29) is 25.5 Å². The number of nitrogens with zero attached hydrogens (tertiary/aromatic N) is 3. The first-order valence-corrected chi connectivity index (χ1v) is 29.2. The van der Waals surface area contributed by atoms with Crippen LogP contribution in [-0.2, 0) is 20.8 Å². The van der Waals surface area contributed by atoms with Gasteiger partial charge < -0.3 is 40.3 Å². The first kappa shape index (κ1) is 61.8. The third kappa shape index (κ3) is 27.6. The van der Waals surface area contributed by atoms with Gasteiger partial charge >= 0.3 is 0 Å². The number of aliphatic hydroxyl groups excluding tert-OH is 5.